The number of nitrogens with one attached hydrogen (secondary N) is 1. The molecule has 1 atom stereocenters. The lowest BCUT2D eigenvalue weighted by molar-refractivity contribution is -0.0997. The first-order chi connectivity index (χ1) is 8.08. The van der Waals surface area contributed by atoms with Gasteiger partial charge in [0.2, 0.25) is 0 Å². The van der Waals surface area contributed by atoms with E-state index in [1.54, 1.807) is 6.07 Å². The van der Waals surface area contributed by atoms with Gasteiger partial charge >= 0.3 is 0 Å². The fourth-order valence-corrected chi connectivity index (χ4v) is 1.44. The molecule has 1 unspecified atom stereocenters. The minimum atomic E-state index is -0.841. The first-order valence-electron chi connectivity index (χ1n) is 5.32. The number of rotatable bonds is 6. The van der Waals surface area contributed by atoms with E-state index in [0.717, 1.165) is 6.07 Å². The van der Waals surface area contributed by atoms with Gasteiger partial charge in [-0.05, 0) is 24.6 Å². The molecule has 0 radical (unpaired) electrons. The Labute approximate surface area is 99.7 Å². The second-order valence-electron chi connectivity index (χ2n) is 3.70. The Morgan fingerprint density at radius 1 is 1.18 bits per heavy atom. The molecule has 0 spiro atoms. The van der Waals surface area contributed by atoms with Crippen molar-refractivity contribution in [3.63, 3.8) is 0 Å². The molecule has 1 N–H and O–H groups in total. The van der Waals surface area contributed by atoms with Crippen molar-refractivity contribution in [3.05, 3.63) is 35.4 Å². The highest BCUT2D eigenvalue weighted by Gasteiger charge is 2.11. The van der Waals surface area contributed by atoms with E-state index in [9.17, 15) is 8.78 Å². The van der Waals surface area contributed by atoms with E-state index >= 15 is 0 Å². The fraction of sp³-hybridized carbons (Fsp3) is 0.500. The Morgan fingerprint density at radius 3 is 2.35 bits per heavy atom. The molecule has 1 rings (SSSR count). The monoisotopic (exact) mass is 245 g/mol. The third-order valence-corrected chi connectivity index (χ3v) is 2.56. The van der Waals surface area contributed by atoms with Crippen LogP contribution in [0.15, 0.2) is 18.2 Å². The quantitative estimate of drug-likeness (QED) is 0.780. The molecule has 3 nitrogen and oxygen atoms in total. The van der Waals surface area contributed by atoms with Gasteiger partial charge in [0.1, 0.15) is 0 Å². The fourth-order valence-electron chi connectivity index (χ4n) is 1.44. The maximum atomic E-state index is 13.0. The molecule has 1 aromatic carbocycles. The van der Waals surface area contributed by atoms with Crippen LogP contribution >= 0.6 is 0 Å². The van der Waals surface area contributed by atoms with Crippen LogP contribution in [-0.2, 0) is 9.47 Å². The van der Waals surface area contributed by atoms with Crippen molar-refractivity contribution in [1.29, 1.82) is 0 Å². The summed E-state index contributed by atoms with van der Waals surface area (Å²) in [5.74, 6) is -1.68. The minimum Gasteiger partial charge on any atom is -0.355 e. The zero-order valence-electron chi connectivity index (χ0n) is 10.2. The highest BCUT2D eigenvalue weighted by molar-refractivity contribution is 5.20. The third kappa shape index (κ3) is 4.03. The molecular formula is C12H17F2NO2. The van der Waals surface area contributed by atoms with Crippen molar-refractivity contribution in [3.8, 4) is 0 Å². The second-order valence-corrected chi connectivity index (χ2v) is 3.70. The average molecular weight is 245 g/mol. The van der Waals surface area contributed by atoms with E-state index < -0.39 is 11.6 Å². The Morgan fingerprint density at radius 2 is 1.82 bits per heavy atom. The largest absolute Gasteiger partial charge is 0.355 e. The van der Waals surface area contributed by atoms with Crippen molar-refractivity contribution in [2.24, 2.45) is 0 Å². The standard InChI is InChI=1S/C12H17F2NO2/c1-8(15-7-12(16-2)17-3)9-4-5-10(13)11(14)6-9/h4-6,8,12,15H,7H2,1-3H3. The molecule has 0 saturated heterocycles. The van der Waals surface area contributed by atoms with Gasteiger partial charge in [-0.3, -0.25) is 0 Å². The van der Waals surface area contributed by atoms with Gasteiger partial charge in [-0.25, -0.2) is 8.78 Å². The molecule has 0 bridgehead atoms. The number of hydrogen-bond donors (Lipinski definition) is 1. The summed E-state index contributed by atoms with van der Waals surface area (Å²) in [7, 11) is 3.08. The molecule has 0 aliphatic rings. The second kappa shape index (κ2) is 6.64. The molecule has 96 valence electrons. The molecule has 0 aromatic heterocycles. The molecule has 0 aliphatic heterocycles. The molecule has 17 heavy (non-hydrogen) atoms. The van der Waals surface area contributed by atoms with Gasteiger partial charge in [-0.15, -0.1) is 0 Å². The lowest BCUT2D eigenvalue weighted by atomic mass is 10.1. The molecule has 0 saturated carbocycles. The van der Waals surface area contributed by atoms with Crippen molar-refractivity contribution in [2.75, 3.05) is 20.8 Å². The summed E-state index contributed by atoms with van der Waals surface area (Å²) in [6.45, 7) is 2.32. The maximum Gasteiger partial charge on any atom is 0.169 e. The van der Waals surface area contributed by atoms with Gasteiger partial charge in [-0.1, -0.05) is 6.07 Å². The van der Waals surface area contributed by atoms with Crippen LogP contribution in [0.5, 0.6) is 0 Å². The van der Waals surface area contributed by atoms with E-state index in [-0.39, 0.29) is 12.3 Å². The molecule has 0 fully saturated rings. The zero-order valence-corrected chi connectivity index (χ0v) is 10.2. The van der Waals surface area contributed by atoms with E-state index in [1.165, 1.54) is 20.3 Å². The van der Waals surface area contributed by atoms with Gasteiger partial charge in [0.25, 0.3) is 0 Å². The van der Waals surface area contributed by atoms with Gasteiger partial charge < -0.3 is 14.8 Å². The highest BCUT2D eigenvalue weighted by Crippen LogP contribution is 2.15. The summed E-state index contributed by atoms with van der Waals surface area (Å²) >= 11 is 0. The van der Waals surface area contributed by atoms with E-state index in [2.05, 4.69) is 5.32 Å². The van der Waals surface area contributed by atoms with Gasteiger partial charge in [0, 0.05) is 26.8 Å². The molecule has 0 aliphatic carbocycles. The highest BCUT2D eigenvalue weighted by atomic mass is 19.2. The number of hydrogen-bond acceptors (Lipinski definition) is 3. The Kier molecular flexibility index (Phi) is 5.47. The lowest BCUT2D eigenvalue weighted by Crippen LogP contribution is -2.31. The van der Waals surface area contributed by atoms with Crippen LogP contribution in [0.2, 0.25) is 0 Å². The van der Waals surface area contributed by atoms with Crippen LogP contribution < -0.4 is 5.32 Å². The van der Waals surface area contributed by atoms with Crippen LogP contribution in [0.25, 0.3) is 0 Å². The summed E-state index contributed by atoms with van der Waals surface area (Å²) in [4.78, 5) is 0. The molecular weight excluding hydrogens is 228 g/mol. The molecule has 0 amide bonds. The molecule has 5 heteroatoms. The normalized spacial score (nSPS) is 13.1. The lowest BCUT2D eigenvalue weighted by Gasteiger charge is -2.19. The first-order valence-corrected chi connectivity index (χ1v) is 5.32. The Hall–Kier alpha value is -1.04. The van der Waals surface area contributed by atoms with Gasteiger partial charge in [0.05, 0.1) is 0 Å². The Balaban J connectivity index is 2.57. The SMILES string of the molecule is COC(CNC(C)c1ccc(F)c(F)c1)OC. The number of ether oxygens (including phenoxy) is 2. The molecule has 1 aromatic rings. The van der Waals surface area contributed by atoms with Crippen LogP contribution in [-0.4, -0.2) is 27.1 Å². The summed E-state index contributed by atoms with van der Waals surface area (Å²) in [5.41, 5.74) is 0.676. The number of methoxy groups -OCH3 is 2. The third-order valence-electron chi connectivity index (χ3n) is 2.56. The maximum absolute atomic E-state index is 13.0. The summed E-state index contributed by atoms with van der Waals surface area (Å²) in [6, 6.07) is 3.73. The summed E-state index contributed by atoms with van der Waals surface area (Å²) in [5, 5.41) is 3.11. The Bertz CT molecular complexity index is 356. The average Bonchev–Trinajstić information content (AvgIpc) is 2.33. The number of halogens is 2. The smallest absolute Gasteiger partial charge is 0.169 e. The van der Waals surface area contributed by atoms with Crippen molar-refractivity contribution in [2.45, 2.75) is 19.3 Å². The van der Waals surface area contributed by atoms with Crippen molar-refractivity contribution >= 4 is 0 Å². The van der Waals surface area contributed by atoms with Crippen LogP contribution in [0.1, 0.15) is 18.5 Å². The zero-order chi connectivity index (χ0) is 12.8. The summed E-state index contributed by atoms with van der Waals surface area (Å²) in [6.07, 6.45) is -0.359. The van der Waals surface area contributed by atoms with E-state index in [0.29, 0.717) is 12.1 Å². The van der Waals surface area contributed by atoms with E-state index in [4.69, 9.17) is 9.47 Å². The van der Waals surface area contributed by atoms with Crippen LogP contribution in [0, 0.1) is 11.6 Å². The minimum absolute atomic E-state index is 0.113. The van der Waals surface area contributed by atoms with Gasteiger partial charge in [0.15, 0.2) is 17.9 Å². The van der Waals surface area contributed by atoms with Crippen molar-refractivity contribution < 1.29 is 18.3 Å². The van der Waals surface area contributed by atoms with Crippen LogP contribution in [0.3, 0.4) is 0 Å². The predicted octanol–water partition coefficient (Wildman–Crippen LogP) is 2.23. The van der Waals surface area contributed by atoms with Crippen molar-refractivity contribution in [1.82, 2.24) is 5.32 Å². The molecule has 0 heterocycles. The predicted molar refractivity (Wildman–Crippen MR) is 60.6 cm³/mol. The van der Waals surface area contributed by atoms with Gasteiger partial charge in [-0.2, -0.15) is 0 Å². The summed E-state index contributed by atoms with van der Waals surface area (Å²) < 4.78 is 35.8. The van der Waals surface area contributed by atoms with Crippen LogP contribution in [0.4, 0.5) is 8.78 Å². The van der Waals surface area contributed by atoms with E-state index in [1.807, 2.05) is 6.92 Å². The topological polar surface area (TPSA) is 30.5 Å². The number of benzene rings is 1. The first kappa shape index (κ1) is 14.0.